The number of carbonyl (C=O) groups excluding carboxylic acids is 1. The zero-order valence-corrected chi connectivity index (χ0v) is 21.1. The topological polar surface area (TPSA) is 76.5 Å². The van der Waals surface area contributed by atoms with Gasteiger partial charge in [0.05, 0.1) is 11.4 Å². The van der Waals surface area contributed by atoms with Crippen molar-refractivity contribution in [1.82, 2.24) is 4.90 Å². The Morgan fingerprint density at radius 2 is 1.67 bits per heavy atom. The van der Waals surface area contributed by atoms with E-state index in [2.05, 4.69) is 6.92 Å². The third-order valence-electron chi connectivity index (χ3n) is 6.55. The Hall–Kier alpha value is -3.70. The number of fused-ring (bicyclic) bond motifs is 1. The van der Waals surface area contributed by atoms with Gasteiger partial charge in [-0.15, -0.1) is 0 Å². The maximum Gasteiger partial charge on any atom is 0.254 e. The molecule has 5 heteroatoms. The van der Waals surface area contributed by atoms with Crippen LogP contribution < -0.4 is 11.2 Å². The fourth-order valence-corrected chi connectivity index (χ4v) is 4.66. The van der Waals surface area contributed by atoms with E-state index in [0.29, 0.717) is 60.2 Å². The molecule has 4 rings (SSSR count). The molecule has 0 saturated heterocycles. The van der Waals surface area contributed by atoms with Gasteiger partial charge >= 0.3 is 0 Å². The molecule has 2 N–H and O–H groups in total. The van der Waals surface area contributed by atoms with Crippen molar-refractivity contribution in [3.63, 3.8) is 0 Å². The van der Waals surface area contributed by atoms with Crippen LogP contribution >= 0.6 is 0 Å². The largest absolute Gasteiger partial charge is 0.458 e. The molecule has 0 aliphatic carbocycles. The van der Waals surface area contributed by atoms with Crippen molar-refractivity contribution < 1.29 is 9.21 Å². The fourth-order valence-electron chi connectivity index (χ4n) is 4.66. The van der Waals surface area contributed by atoms with Crippen molar-refractivity contribution in [2.45, 2.75) is 45.6 Å². The highest BCUT2D eigenvalue weighted by Gasteiger charge is 2.31. The first-order valence-corrected chi connectivity index (χ1v) is 12.7. The summed E-state index contributed by atoms with van der Waals surface area (Å²) < 4.78 is 6.50. The first-order valence-electron chi connectivity index (χ1n) is 12.7. The van der Waals surface area contributed by atoms with Gasteiger partial charge < -0.3 is 15.1 Å². The zero-order chi connectivity index (χ0) is 25.5. The van der Waals surface area contributed by atoms with Crippen molar-refractivity contribution in [3.05, 3.63) is 117 Å². The summed E-state index contributed by atoms with van der Waals surface area (Å²) in [6.07, 6.45) is 2.59. The molecular weight excluding hydrogens is 448 g/mol. The minimum absolute atomic E-state index is 0.0432. The van der Waals surface area contributed by atoms with Crippen LogP contribution in [-0.2, 0) is 6.42 Å². The lowest BCUT2D eigenvalue weighted by molar-refractivity contribution is 0.0638. The van der Waals surface area contributed by atoms with Crippen LogP contribution in [0.3, 0.4) is 0 Å². The number of rotatable bonds is 10. The average molecular weight is 483 g/mol. The van der Waals surface area contributed by atoms with Gasteiger partial charge in [-0.05, 0) is 56.1 Å². The number of nitrogens with two attached hydrogens (primary N) is 1. The lowest BCUT2D eigenvalue weighted by Crippen LogP contribution is -2.37. The van der Waals surface area contributed by atoms with Crippen molar-refractivity contribution >= 4 is 16.9 Å². The van der Waals surface area contributed by atoms with Crippen LogP contribution in [0.25, 0.3) is 11.0 Å². The molecule has 0 fully saturated rings. The van der Waals surface area contributed by atoms with E-state index in [1.54, 1.807) is 6.07 Å². The van der Waals surface area contributed by atoms with E-state index >= 15 is 0 Å². The molecule has 0 aliphatic heterocycles. The molecule has 1 aromatic heterocycles. The maximum atomic E-state index is 13.8. The molecule has 0 aliphatic rings. The van der Waals surface area contributed by atoms with E-state index in [1.165, 1.54) is 0 Å². The Bertz CT molecular complexity index is 1360. The summed E-state index contributed by atoms with van der Waals surface area (Å²) in [5.41, 5.74) is 9.70. The highest BCUT2D eigenvalue weighted by molar-refractivity contribution is 5.94. The number of benzene rings is 3. The molecule has 0 bridgehead atoms. The van der Waals surface area contributed by atoms with E-state index < -0.39 is 0 Å². The van der Waals surface area contributed by atoms with Crippen LogP contribution in [0.2, 0.25) is 0 Å². The Labute approximate surface area is 212 Å². The average Bonchev–Trinajstić information content (AvgIpc) is 2.90. The molecule has 186 valence electrons. The Balaban J connectivity index is 1.88. The van der Waals surface area contributed by atoms with E-state index in [4.69, 9.17) is 10.2 Å². The predicted molar refractivity (Wildman–Crippen MR) is 145 cm³/mol. The Morgan fingerprint density at radius 1 is 0.972 bits per heavy atom. The molecule has 1 unspecified atom stereocenters. The van der Waals surface area contributed by atoms with E-state index in [-0.39, 0.29) is 17.4 Å². The van der Waals surface area contributed by atoms with Crippen LogP contribution in [0.5, 0.6) is 0 Å². The lowest BCUT2D eigenvalue weighted by atomic mass is 9.95. The van der Waals surface area contributed by atoms with Crippen molar-refractivity contribution in [2.75, 3.05) is 13.1 Å². The number of aryl methyl sites for hydroxylation is 1. The fraction of sp³-hybridized carbons (Fsp3) is 0.290. The quantitative estimate of drug-likeness (QED) is 0.300. The highest BCUT2D eigenvalue weighted by Crippen LogP contribution is 2.32. The molecular formula is C31H34N2O3. The van der Waals surface area contributed by atoms with E-state index in [9.17, 15) is 9.59 Å². The van der Waals surface area contributed by atoms with Gasteiger partial charge in [-0.3, -0.25) is 9.59 Å². The third kappa shape index (κ3) is 5.58. The molecule has 0 saturated carbocycles. The molecule has 1 heterocycles. The van der Waals surface area contributed by atoms with Gasteiger partial charge in [0.2, 0.25) is 0 Å². The second kappa shape index (κ2) is 11.8. The van der Waals surface area contributed by atoms with Gasteiger partial charge in [-0.2, -0.15) is 0 Å². The summed E-state index contributed by atoms with van der Waals surface area (Å²) >= 11 is 0. The lowest BCUT2D eigenvalue weighted by Gasteiger charge is -2.32. The number of hydrogen-bond donors (Lipinski definition) is 1. The summed E-state index contributed by atoms with van der Waals surface area (Å²) in [4.78, 5) is 29.5. The van der Waals surface area contributed by atoms with E-state index in [0.717, 1.165) is 17.5 Å². The zero-order valence-electron chi connectivity index (χ0n) is 21.1. The summed E-state index contributed by atoms with van der Waals surface area (Å²) in [6.45, 7) is 5.03. The summed E-state index contributed by atoms with van der Waals surface area (Å²) in [7, 11) is 0. The number of amides is 1. The number of carbonyl (C=O) groups is 1. The van der Waals surface area contributed by atoms with Crippen LogP contribution in [0.4, 0.5) is 0 Å². The van der Waals surface area contributed by atoms with Gasteiger partial charge in [0.15, 0.2) is 5.43 Å². The maximum absolute atomic E-state index is 13.8. The second-order valence-corrected chi connectivity index (χ2v) is 9.24. The van der Waals surface area contributed by atoms with Gasteiger partial charge in [-0.1, -0.05) is 73.5 Å². The van der Waals surface area contributed by atoms with Gasteiger partial charge in [0, 0.05) is 24.1 Å². The highest BCUT2D eigenvalue weighted by atomic mass is 16.3. The van der Waals surface area contributed by atoms with Gasteiger partial charge in [0.25, 0.3) is 5.91 Å². The Kier molecular flexibility index (Phi) is 8.34. The second-order valence-electron chi connectivity index (χ2n) is 9.24. The minimum Gasteiger partial charge on any atom is -0.458 e. The molecule has 3 aromatic carbocycles. The standard InChI is InChI=1S/C31H34N2O3/c1-3-10-27(33(20-9-19-32)31(35)24-17-15-22(2)16-18-24)30-26(21-23-11-5-4-6-12-23)29(34)25-13-7-8-14-28(25)36-30/h4-8,11-18,27H,3,9-10,19-21,32H2,1-2H3. The van der Waals surface area contributed by atoms with Crippen molar-refractivity contribution in [3.8, 4) is 0 Å². The summed E-state index contributed by atoms with van der Waals surface area (Å²) in [5.74, 6) is 0.491. The number of hydrogen-bond acceptors (Lipinski definition) is 4. The monoisotopic (exact) mass is 482 g/mol. The normalized spacial score (nSPS) is 12.0. The van der Waals surface area contributed by atoms with Crippen LogP contribution in [0.15, 0.2) is 88.1 Å². The Morgan fingerprint density at radius 3 is 2.36 bits per heavy atom. The van der Waals surface area contributed by atoms with Crippen molar-refractivity contribution in [2.24, 2.45) is 5.73 Å². The van der Waals surface area contributed by atoms with Crippen LogP contribution in [0.1, 0.15) is 65.0 Å². The SMILES string of the molecule is CCCC(c1oc2ccccc2c(=O)c1Cc1ccccc1)N(CCCN)C(=O)c1ccc(C)cc1. The molecule has 0 spiro atoms. The molecule has 0 radical (unpaired) electrons. The smallest absolute Gasteiger partial charge is 0.254 e. The van der Waals surface area contributed by atoms with Crippen molar-refractivity contribution in [1.29, 1.82) is 0 Å². The molecule has 1 amide bonds. The summed E-state index contributed by atoms with van der Waals surface area (Å²) in [5, 5.41) is 0.556. The van der Waals surface area contributed by atoms with Gasteiger partial charge in [-0.25, -0.2) is 0 Å². The molecule has 1 atom stereocenters. The molecule has 4 aromatic rings. The summed E-state index contributed by atoms with van der Waals surface area (Å²) in [6, 6.07) is 24.5. The molecule has 36 heavy (non-hydrogen) atoms. The van der Waals surface area contributed by atoms with Crippen LogP contribution in [-0.4, -0.2) is 23.9 Å². The third-order valence-corrected chi connectivity index (χ3v) is 6.55. The minimum atomic E-state index is -0.383. The predicted octanol–water partition coefficient (Wildman–Crippen LogP) is 6.02. The van der Waals surface area contributed by atoms with E-state index in [1.807, 2.05) is 84.6 Å². The molecule has 5 nitrogen and oxygen atoms in total. The van der Waals surface area contributed by atoms with Crippen LogP contribution in [0, 0.1) is 6.92 Å². The first kappa shape index (κ1) is 25.4. The first-order chi connectivity index (χ1) is 17.5. The number of nitrogens with zero attached hydrogens (tertiary/aromatic N) is 1. The van der Waals surface area contributed by atoms with Gasteiger partial charge in [0.1, 0.15) is 11.3 Å². The number of para-hydroxylation sites is 1.